The SMILES string of the molecule is O=C(COC(=O)[C@@H]1COc2ccc(Cl)cc2C1)c1ccc(O)cc1O. The van der Waals surface area contributed by atoms with Gasteiger partial charge >= 0.3 is 5.97 Å². The van der Waals surface area contributed by atoms with Gasteiger partial charge in [0.1, 0.15) is 23.9 Å². The van der Waals surface area contributed by atoms with Crippen molar-refractivity contribution in [1.82, 2.24) is 0 Å². The second kappa shape index (κ2) is 7.03. The summed E-state index contributed by atoms with van der Waals surface area (Å²) in [6.07, 6.45) is 0.410. The highest BCUT2D eigenvalue weighted by Crippen LogP contribution is 2.30. The fourth-order valence-electron chi connectivity index (χ4n) is 2.60. The molecule has 7 heteroatoms. The molecule has 2 aromatic rings. The van der Waals surface area contributed by atoms with Crippen LogP contribution in [0.25, 0.3) is 0 Å². The van der Waals surface area contributed by atoms with Crippen molar-refractivity contribution in [3.05, 3.63) is 52.5 Å². The Morgan fingerprint density at radius 2 is 2.00 bits per heavy atom. The van der Waals surface area contributed by atoms with Crippen LogP contribution in [0.5, 0.6) is 17.2 Å². The molecule has 0 unspecified atom stereocenters. The van der Waals surface area contributed by atoms with Gasteiger partial charge in [-0.25, -0.2) is 0 Å². The first kappa shape index (κ1) is 17.1. The van der Waals surface area contributed by atoms with Crippen molar-refractivity contribution in [2.24, 2.45) is 5.92 Å². The Morgan fingerprint density at radius 1 is 1.20 bits per heavy atom. The van der Waals surface area contributed by atoms with E-state index < -0.39 is 24.3 Å². The van der Waals surface area contributed by atoms with E-state index in [1.165, 1.54) is 12.1 Å². The van der Waals surface area contributed by atoms with Crippen LogP contribution in [0.2, 0.25) is 5.02 Å². The molecule has 0 saturated heterocycles. The lowest BCUT2D eigenvalue weighted by molar-refractivity contribution is -0.148. The normalized spacial score (nSPS) is 15.8. The minimum atomic E-state index is -0.564. The first-order chi connectivity index (χ1) is 11.9. The highest BCUT2D eigenvalue weighted by Gasteiger charge is 2.28. The third kappa shape index (κ3) is 3.85. The van der Waals surface area contributed by atoms with Crippen LogP contribution in [0, 0.1) is 5.92 Å². The maximum Gasteiger partial charge on any atom is 0.313 e. The summed E-state index contributed by atoms with van der Waals surface area (Å²) in [4.78, 5) is 24.2. The zero-order valence-electron chi connectivity index (χ0n) is 13.1. The number of phenols is 2. The highest BCUT2D eigenvalue weighted by atomic mass is 35.5. The van der Waals surface area contributed by atoms with Gasteiger partial charge in [-0.05, 0) is 42.3 Å². The molecular formula is C18H15ClO6. The number of ketones is 1. The molecule has 6 nitrogen and oxygen atoms in total. The van der Waals surface area contributed by atoms with Crippen LogP contribution in [-0.4, -0.2) is 35.2 Å². The van der Waals surface area contributed by atoms with E-state index in [1.54, 1.807) is 18.2 Å². The number of rotatable bonds is 4. The van der Waals surface area contributed by atoms with Crippen LogP contribution in [0.1, 0.15) is 15.9 Å². The minimum Gasteiger partial charge on any atom is -0.508 e. The number of hydrogen-bond donors (Lipinski definition) is 2. The van der Waals surface area contributed by atoms with Crippen LogP contribution < -0.4 is 4.74 Å². The summed E-state index contributed by atoms with van der Waals surface area (Å²) in [5, 5.41) is 19.4. The number of hydrogen-bond acceptors (Lipinski definition) is 6. The van der Waals surface area contributed by atoms with E-state index in [1.807, 2.05) is 0 Å². The van der Waals surface area contributed by atoms with Gasteiger partial charge in [0.2, 0.25) is 5.78 Å². The van der Waals surface area contributed by atoms with Gasteiger partial charge in [0.05, 0.1) is 11.5 Å². The van der Waals surface area contributed by atoms with Crippen molar-refractivity contribution in [2.75, 3.05) is 13.2 Å². The smallest absolute Gasteiger partial charge is 0.313 e. The molecule has 3 rings (SSSR count). The van der Waals surface area contributed by atoms with Crippen molar-refractivity contribution in [1.29, 1.82) is 0 Å². The van der Waals surface area contributed by atoms with Gasteiger partial charge in [0.25, 0.3) is 0 Å². The maximum absolute atomic E-state index is 12.2. The Bertz CT molecular complexity index is 832. The molecule has 2 aromatic carbocycles. The molecule has 0 bridgehead atoms. The van der Waals surface area contributed by atoms with Crippen molar-refractivity contribution in [2.45, 2.75) is 6.42 Å². The van der Waals surface area contributed by atoms with Gasteiger partial charge < -0.3 is 19.7 Å². The molecule has 1 aliphatic rings. The molecule has 0 radical (unpaired) electrons. The number of ether oxygens (including phenoxy) is 2. The van der Waals surface area contributed by atoms with Gasteiger partial charge in [0, 0.05) is 11.1 Å². The number of benzene rings is 2. The molecule has 2 N–H and O–H groups in total. The molecule has 25 heavy (non-hydrogen) atoms. The van der Waals surface area contributed by atoms with Gasteiger partial charge in [-0.15, -0.1) is 0 Å². The van der Waals surface area contributed by atoms with Gasteiger partial charge in [-0.1, -0.05) is 11.6 Å². The van der Waals surface area contributed by atoms with E-state index >= 15 is 0 Å². The number of Topliss-reactive ketones (excluding diaryl/α,β-unsaturated/α-hetero) is 1. The molecule has 1 heterocycles. The monoisotopic (exact) mass is 362 g/mol. The Balaban J connectivity index is 1.60. The lowest BCUT2D eigenvalue weighted by Gasteiger charge is -2.24. The van der Waals surface area contributed by atoms with E-state index in [0.717, 1.165) is 11.6 Å². The fourth-order valence-corrected chi connectivity index (χ4v) is 2.80. The van der Waals surface area contributed by atoms with Crippen LogP contribution in [-0.2, 0) is 16.0 Å². The van der Waals surface area contributed by atoms with Gasteiger partial charge in [-0.2, -0.15) is 0 Å². The number of fused-ring (bicyclic) bond motifs is 1. The number of carbonyl (C=O) groups excluding carboxylic acids is 2. The van der Waals surface area contributed by atoms with E-state index in [2.05, 4.69) is 0 Å². The zero-order chi connectivity index (χ0) is 18.0. The van der Waals surface area contributed by atoms with E-state index in [-0.39, 0.29) is 23.7 Å². The molecule has 1 aliphatic heterocycles. The molecule has 0 fully saturated rings. The van der Waals surface area contributed by atoms with Crippen molar-refractivity contribution in [3.63, 3.8) is 0 Å². The van der Waals surface area contributed by atoms with E-state index in [4.69, 9.17) is 21.1 Å². The van der Waals surface area contributed by atoms with Crippen LogP contribution in [0.3, 0.4) is 0 Å². The molecule has 0 spiro atoms. The van der Waals surface area contributed by atoms with Crippen LogP contribution in [0.15, 0.2) is 36.4 Å². The summed E-state index contributed by atoms with van der Waals surface area (Å²) in [7, 11) is 0. The summed E-state index contributed by atoms with van der Waals surface area (Å²) in [6.45, 7) is -0.345. The first-order valence-corrected chi connectivity index (χ1v) is 7.95. The van der Waals surface area contributed by atoms with Crippen molar-refractivity contribution < 1.29 is 29.3 Å². The molecule has 1 atom stereocenters. The van der Waals surface area contributed by atoms with Crippen LogP contribution in [0.4, 0.5) is 0 Å². The number of carbonyl (C=O) groups is 2. The lowest BCUT2D eigenvalue weighted by Crippen LogP contribution is -2.31. The van der Waals surface area contributed by atoms with Crippen molar-refractivity contribution >= 4 is 23.4 Å². The van der Waals surface area contributed by atoms with Gasteiger partial charge in [-0.3, -0.25) is 9.59 Å². The third-order valence-corrected chi connectivity index (χ3v) is 4.12. The largest absolute Gasteiger partial charge is 0.508 e. The average molecular weight is 363 g/mol. The number of phenolic OH excluding ortho intramolecular Hbond substituents is 2. The Hall–Kier alpha value is -2.73. The number of aromatic hydroxyl groups is 2. The maximum atomic E-state index is 12.2. The van der Waals surface area contributed by atoms with Crippen LogP contribution >= 0.6 is 11.6 Å². The molecule has 0 aromatic heterocycles. The fraction of sp³-hybridized carbons (Fsp3) is 0.222. The molecule has 0 aliphatic carbocycles. The van der Waals surface area contributed by atoms with E-state index in [0.29, 0.717) is 17.2 Å². The third-order valence-electron chi connectivity index (χ3n) is 3.89. The zero-order valence-corrected chi connectivity index (χ0v) is 13.8. The number of halogens is 1. The Morgan fingerprint density at radius 3 is 2.76 bits per heavy atom. The standard InChI is InChI=1S/C18H15ClO6/c19-12-1-4-17-10(6-12)5-11(8-24-17)18(23)25-9-16(22)14-3-2-13(20)7-15(14)21/h1-4,6-7,11,20-21H,5,8-9H2/t11-/m0/s1. The quantitative estimate of drug-likeness (QED) is 0.641. The summed E-state index contributed by atoms with van der Waals surface area (Å²) in [6, 6.07) is 8.77. The Kier molecular flexibility index (Phi) is 4.81. The minimum absolute atomic E-state index is 0.0254. The lowest BCUT2D eigenvalue weighted by atomic mass is 9.97. The second-order valence-electron chi connectivity index (χ2n) is 5.70. The molecule has 130 valence electrons. The van der Waals surface area contributed by atoms with E-state index in [9.17, 15) is 19.8 Å². The number of esters is 1. The van der Waals surface area contributed by atoms with Crippen molar-refractivity contribution in [3.8, 4) is 17.2 Å². The summed E-state index contributed by atoms with van der Waals surface area (Å²) < 4.78 is 10.6. The average Bonchev–Trinajstić information content (AvgIpc) is 2.58. The highest BCUT2D eigenvalue weighted by molar-refractivity contribution is 6.30. The Labute approximate surface area is 148 Å². The predicted molar refractivity (Wildman–Crippen MR) is 89.2 cm³/mol. The van der Waals surface area contributed by atoms with Gasteiger partial charge in [0.15, 0.2) is 6.61 Å². The molecule has 0 saturated carbocycles. The molecular weight excluding hydrogens is 348 g/mol. The first-order valence-electron chi connectivity index (χ1n) is 7.57. The summed E-state index contributed by atoms with van der Waals surface area (Å²) in [5.41, 5.74) is 0.783. The topological polar surface area (TPSA) is 93.1 Å². The second-order valence-corrected chi connectivity index (χ2v) is 6.13. The summed E-state index contributed by atoms with van der Waals surface area (Å²) >= 11 is 5.94. The molecule has 0 amide bonds. The summed E-state index contributed by atoms with van der Waals surface area (Å²) in [5.74, 6) is -1.51. The predicted octanol–water partition coefficient (Wildman–Crippen LogP) is 2.73.